The fourth-order valence-electron chi connectivity index (χ4n) is 2.23. The molecule has 0 spiro atoms. The van der Waals surface area contributed by atoms with Gasteiger partial charge in [0.1, 0.15) is 5.82 Å². The number of halogens is 1. The Morgan fingerprint density at radius 1 is 1.17 bits per heavy atom. The second kappa shape index (κ2) is 7.67. The first-order chi connectivity index (χ1) is 11.5. The van der Waals surface area contributed by atoms with Crippen LogP contribution < -0.4 is 4.74 Å². The normalized spacial score (nSPS) is 10.7. The lowest BCUT2D eigenvalue weighted by molar-refractivity contribution is -0.157. The van der Waals surface area contributed by atoms with Crippen molar-refractivity contribution in [2.75, 3.05) is 20.3 Å². The number of fused-ring (bicyclic) bond motifs is 1. The number of hydrogen-bond acceptors (Lipinski definition) is 7. The quantitative estimate of drug-likeness (QED) is 0.589. The topological polar surface area (TPSA) is 87.6 Å². The molecule has 128 valence electrons. The smallest absolute Gasteiger partial charge is 0.325 e. The van der Waals surface area contributed by atoms with E-state index in [9.17, 15) is 14.0 Å². The maximum Gasteiger partial charge on any atom is 0.325 e. The van der Waals surface area contributed by atoms with Crippen LogP contribution in [-0.2, 0) is 19.1 Å². The summed E-state index contributed by atoms with van der Waals surface area (Å²) in [6.45, 7) is 3.26. The van der Waals surface area contributed by atoms with E-state index in [1.54, 1.807) is 13.8 Å². The third kappa shape index (κ3) is 3.42. The van der Waals surface area contributed by atoms with E-state index < -0.39 is 23.7 Å². The van der Waals surface area contributed by atoms with Gasteiger partial charge in [0.2, 0.25) is 0 Å². The maximum absolute atomic E-state index is 14.5. The highest BCUT2D eigenvalue weighted by Crippen LogP contribution is 2.30. The van der Waals surface area contributed by atoms with Gasteiger partial charge < -0.3 is 14.2 Å². The summed E-state index contributed by atoms with van der Waals surface area (Å²) in [5, 5.41) is 0.450. The van der Waals surface area contributed by atoms with Crippen molar-refractivity contribution in [3.8, 4) is 6.01 Å². The second-order valence-corrected chi connectivity index (χ2v) is 4.69. The third-order valence-electron chi connectivity index (χ3n) is 3.23. The first kappa shape index (κ1) is 17.6. The summed E-state index contributed by atoms with van der Waals surface area (Å²) in [4.78, 5) is 32.5. The average molecular weight is 336 g/mol. The van der Waals surface area contributed by atoms with Crippen molar-refractivity contribution in [2.24, 2.45) is 0 Å². The first-order valence-electron chi connectivity index (χ1n) is 7.35. The minimum atomic E-state index is -1.58. The standard InChI is InChI=1S/C16H17FN2O5/c1-4-23-14(20)12(15(21)24-5-2)11-10(17)7-6-9-8-18-16(22-3)19-13(9)11/h6-8,12H,4-5H2,1-3H3. The number of aromatic nitrogens is 2. The van der Waals surface area contributed by atoms with Gasteiger partial charge in [0.05, 0.1) is 25.8 Å². The van der Waals surface area contributed by atoms with Gasteiger partial charge in [-0.25, -0.2) is 9.37 Å². The molecule has 0 aliphatic heterocycles. The van der Waals surface area contributed by atoms with Gasteiger partial charge in [-0.05, 0) is 26.0 Å². The van der Waals surface area contributed by atoms with Gasteiger partial charge in [-0.3, -0.25) is 9.59 Å². The summed E-state index contributed by atoms with van der Waals surface area (Å²) in [6, 6.07) is 2.57. The second-order valence-electron chi connectivity index (χ2n) is 4.69. The molecular weight excluding hydrogens is 319 g/mol. The summed E-state index contributed by atoms with van der Waals surface area (Å²) in [5.74, 6) is -4.15. The molecule has 0 N–H and O–H groups in total. The highest BCUT2D eigenvalue weighted by molar-refractivity contribution is 6.04. The van der Waals surface area contributed by atoms with Gasteiger partial charge in [0, 0.05) is 17.1 Å². The minimum Gasteiger partial charge on any atom is -0.467 e. The number of methoxy groups -OCH3 is 1. The summed E-state index contributed by atoms with van der Waals surface area (Å²) in [5.41, 5.74) is -0.127. The van der Waals surface area contributed by atoms with E-state index in [1.165, 1.54) is 19.4 Å². The van der Waals surface area contributed by atoms with Gasteiger partial charge in [0.15, 0.2) is 5.92 Å². The monoisotopic (exact) mass is 336 g/mol. The van der Waals surface area contributed by atoms with Gasteiger partial charge in [-0.2, -0.15) is 4.98 Å². The predicted molar refractivity (Wildman–Crippen MR) is 82.1 cm³/mol. The molecule has 1 heterocycles. The lowest BCUT2D eigenvalue weighted by Crippen LogP contribution is -2.27. The van der Waals surface area contributed by atoms with Crippen LogP contribution in [0.2, 0.25) is 0 Å². The van der Waals surface area contributed by atoms with Crippen LogP contribution in [0.5, 0.6) is 6.01 Å². The number of carbonyl (C=O) groups is 2. The number of benzene rings is 1. The van der Waals surface area contributed by atoms with Crippen LogP contribution in [0.15, 0.2) is 18.3 Å². The summed E-state index contributed by atoms with van der Waals surface area (Å²) in [7, 11) is 1.36. The maximum atomic E-state index is 14.5. The fraction of sp³-hybridized carbons (Fsp3) is 0.375. The third-order valence-corrected chi connectivity index (χ3v) is 3.23. The number of nitrogens with zero attached hydrogens (tertiary/aromatic N) is 2. The van der Waals surface area contributed by atoms with Crippen molar-refractivity contribution in [1.82, 2.24) is 9.97 Å². The fourth-order valence-corrected chi connectivity index (χ4v) is 2.23. The summed E-state index contributed by atoms with van der Waals surface area (Å²) in [6.07, 6.45) is 1.41. The van der Waals surface area contributed by atoms with E-state index in [-0.39, 0.29) is 30.3 Å². The Hall–Kier alpha value is -2.77. The minimum absolute atomic E-state index is 0.0131. The van der Waals surface area contributed by atoms with Crippen LogP contribution >= 0.6 is 0 Å². The van der Waals surface area contributed by atoms with Gasteiger partial charge in [0.25, 0.3) is 0 Å². The van der Waals surface area contributed by atoms with Crippen LogP contribution in [0.3, 0.4) is 0 Å². The number of hydrogen-bond donors (Lipinski definition) is 0. The number of ether oxygens (including phenoxy) is 3. The zero-order chi connectivity index (χ0) is 17.7. The zero-order valence-corrected chi connectivity index (χ0v) is 13.5. The lowest BCUT2D eigenvalue weighted by atomic mass is 9.96. The predicted octanol–water partition coefficient (Wildman–Crippen LogP) is 1.99. The molecule has 2 aromatic rings. The molecule has 1 aromatic carbocycles. The van der Waals surface area contributed by atoms with Crippen LogP contribution in [-0.4, -0.2) is 42.2 Å². The Balaban J connectivity index is 2.69. The van der Waals surface area contributed by atoms with E-state index in [0.29, 0.717) is 5.39 Å². The molecule has 8 heteroatoms. The Labute approximate surface area is 137 Å². The van der Waals surface area contributed by atoms with Crippen LogP contribution in [0.1, 0.15) is 25.3 Å². The highest BCUT2D eigenvalue weighted by Gasteiger charge is 2.36. The van der Waals surface area contributed by atoms with Crippen LogP contribution in [0.25, 0.3) is 10.9 Å². The molecule has 24 heavy (non-hydrogen) atoms. The van der Waals surface area contributed by atoms with Gasteiger partial charge >= 0.3 is 17.9 Å². The van der Waals surface area contributed by atoms with Crippen molar-refractivity contribution in [1.29, 1.82) is 0 Å². The van der Waals surface area contributed by atoms with Gasteiger partial charge in [-0.1, -0.05) is 0 Å². The Kier molecular flexibility index (Phi) is 5.62. The molecule has 2 rings (SSSR count). The van der Waals surface area contributed by atoms with E-state index in [2.05, 4.69) is 9.97 Å². The molecule has 7 nitrogen and oxygen atoms in total. The Morgan fingerprint density at radius 3 is 2.33 bits per heavy atom. The number of esters is 2. The molecule has 0 fully saturated rings. The van der Waals surface area contributed by atoms with Crippen molar-refractivity contribution in [2.45, 2.75) is 19.8 Å². The Bertz CT molecular complexity index is 747. The Morgan fingerprint density at radius 2 is 1.79 bits per heavy atom. The molecule has 0 saturated carbocycles. The molecule has 0 saturated heterocycles. The molecular formula is C16H17FN2O5. The molecule has 0 amide bonds. The van der Waals surface area contributed by atoms with Crippen molar-refractivity contribution in [3.05, 3.63) is 29.7 Å². The molecule has 0 bridgehead atoms. The molecule has 0 aliphatic rings. The molecule has 0 atom stereocenters. The molecule has 0 aliphatic carbocycles. The number of carbonyl (C=O) groups excluding carboxylic acids is 2. The van der Waals surface area contributed by atoms with Crippen LogP contribution in [0, 0.1) is 5.82 Å². The number of rotatable bonds is 6. The van der Waals surface area contributed by atoms with E-state index >= 15 is 0 Å². The van der Waals surface area contributed by atoms with Crippen molar-refractivity contribution in [3.63, 3.8) is 0 Å². The van der Waals surface area contributed by atoms with Crippen molar-refractivity contribution < 1.29 is 28.2 Å². The molecule has 0 unspecified atom stereocenters. The lowest BCUT2D eigenvalue weighted by Gasteiger charge is -2.17. The van der Waals surface area contributed by atoms with Gasteiger partial charge in [-0.15, -0.1) is 0 Å². The largest absolute Gasteiger partial charge is 0.467 e. The summed E-state index contributed by atoms with van der Waals surface area (Å²) < 4.78 is 29.2. The molecule has 0 radical (unpaired) electrons. The van der Waals surface area contributed by atoms with E-state index in [0.717, 1.165) is 6.07 Å². The summed E-state index contributed by atoms with van der Waals surface area (Å²) >= 11 is 0. The van der Waals surface area contributed by atoms with Crippen molar-refractivity contribution >= 4 is 22.8 Å². The van der Waals surface area contributed by atoms with E-state index in [4.69, 9.17) is 14.2 Å². The van der Waals surface area contributed by atoms with E-state index in [1.807, 2.05) is 0 Å². The average Bonchev–Trinajstić information content (AvgIpc) is 2.57. The van der Waals surface area contributed by atoms with Crippen LogP contribution in [0.4, 0.5) is 4.39 Å². The zero-order valence-electron chi connectivity index (χ0n) is 13.5. The highest BCUT2D eigenvalue weighted by atomic mass is 19.1. The SMILES string of the molecule is CCOC(=O)C(C(=O)OCC)c1c(F)ccc2cnc(OC)nc12. The molecule has 1 aromatic heterocycles. The first-order valence-corrected chi connectivity index (χ1v) is 7.35.